The summed E-state index contributed by atoms with van der Waals surface area (Å²) in [6, 6.07) is 13.9. The Morgan fingerprint density at radius 3 is 2.48 bits per heavy atom. The van der Waals surface area contributed by atoms with Crippen LogP contribution in [0.25, 0.3) is 0 Å². The van der Waals surface area contributed by atoms with Gasteiger partial charge >= 0.3 is 5.97 Å². The normalized spacial score (nSPS) is 10.0. The Morgan fingerprint density at radius 1 is 1.04 bits per heavy atom. The highest BCUT2D eigenvalue weighted by Crippen LogP contribution is 2.17. The van der Waals surface area contributed by atoms with E-state index in [2.05, 4.69) is 21.2 Å². The lowest BCUT2D eigenvalue weighted by Gasteiger charge is -2.08. The molecule has 1 amide bonds. The van der Waals surface area contributed by atoms with E-state index in [9.17, 15) is 9.59 Å². The Morgan fingerprint density at radius 2 is 1.80 bits per heavy atom. The molecule has 0 atom stereocenters. The third-order valence-electron chi connectivity index (χ3n) is 3.16. The summed E-state index contributed by atoms with van der Waals surface area (Å²) in [5.74, 6) is 0.448. The summed E-state index contributed by atoms with van der Waals surface area (Å²) in [7, 11) is 1.55. The van der Waals surface area contributed by atoms with E-state index in [0.29, 0.717) is 17.1 Å². The summed E-state index contributed by atoms with van der Waals surface area (Å²) >= 11 is 3.34. The van der Waals surface area contributed by atoms with Gasteiger partial charge in [0.15, 0.2) is 0 Å². The van der Waals surface area contributed by atoms with Crippen molar-refractivity contribution in [2.24, 2.45) is 0 Å². The molecule has 0 aliphatic carbocycles. The maximum absolute atomic E-state index is 11.9. The number of hydrogen-bond acceptors (Lipinski definition) is 5. The molecule has 1 N–H and O–H groups in total. The summed E-state index contributed by atoms with van der Waals surface area (Å²) in [4.78, 5) is 23.5. The topological polar surface area (TPSA) is 73.9 Å². The van der Waals surface area contributed by atoms with Crippen molar-refractivity contribution in [3.8, 4) is 11.5 Å². The van der Waals surface area contributed by atoms with Gasteiger partial charge in [0.1, 0.15) is 31.3 Å². The number of rotatable bonds is 8. The molecule has 0 saturated heterocycles. The molecule has 2 rings (SSSR count). The number of esters is 1. The number of benzene rings is 2. The lowest BCUT2D eigenvalue weighted by Crippen LogP contribution is -2.31. The molecule has 0 aliphatic heterocycles. The number of nitrogens with one attached hydrogen (secondary N) is 1. The molecule has 2 aromatic rings. The molecular formula is C18H18BrNO5. The second-order valence-corrected chi connectivity index (χ2v) is 5.85. The first-order chi connectivity index (χ1) is 12.1. The van der Waals surface area contributed by atoms with E-state index in [1.165, 1.54) is 0 Å². The van der Waals surface area contributed by atoms with Gasteiger partial charge in [0.2, 0.25) is 0 Å². The van der Waals surface area contributed by atoms with Crippen LogP contribution in [0.2, 0.25) is 0 Å². The fourth-order valence-corrected chi connectivity index (χ4v) is 2.30. The number of halogens is 1. The molecule has 7 heteroatoms. The maximum atomic E-state index is 11.9. The van der Waals surface area contributed by atoms with Crippen LogP contribution in [0.1, 0.15) is 10.4 Å². The van der Waals surface area contributed by atoms with E-state index >= 15 is 0 Å². The molecule has 0 radical (unpaired) electrons. The minimum atomic E-state index is -0.528. The van der Waals surface area contributed by atoms with Crippen molar-refractivity contribution in [1.29, 1.82) is 0 Å². The molecule has 0 spiro atoms. The SMILES string of the molecule is COc1ccc(C(=O)NCC(=O)OCCOc2cccc(Br)c2)cc1. The Labute approximate surface area is 154 Å². The van der Waals surface area contributed by atoms with Gasteiger partial charge in [-0.05, 0) is 42.5 Å². The smallest absolute Gasteiger partial charge is 0.325 e. The van der Waals surface area contributed by atoms with Crippen molar-refractivity contribution in [2.75, 3.05) is 26.9 Å². The number of amides is 1. The minimum absolute atomic E-state index is 0.101. The molecule has 2 aromatic carbocycles. The average molecular weight is 408 g/mol. The fraction of sp³-hybridized carbons (Fsp3) is 0.222. The minimum Gasteiger partial charge on any atom is -0.497 e. The third kappa shape index (κ3) is 6.46. The average Bonchev–Trinajstić information content (AvgIpc) is 2.63. The Bertz CT molecular complexity index is 718. The van der Waals surface area contributed by atoms with E-state index in [1.807, 2.05) is 24.3 Å². The van der Waals surface area contributed by atoms with Gasteiger partial charge in [0, 0.05) is 10.0 Å². The second kappa shape index (κ2) is 9.68. The molecule has 6 nitrogen and oxygen atoms in total. The number of carbonyl (C=O) groups is 2. The van der Waals surface area contributed by atoms with Crippen LogP contribution < -0.4 is 14.8 Å². The van der Waals surface area contributed by atoms with E-state index in [4.69, 9.17) is 14.2 Å². The van der Waals surface area contributed by atoms with Crippen LogP contribution in [0.15, 0.2) is 53.0 Å². The van der Waals surface area contributed by atoms with E-state index in [-0.39, 0.29) is 25.7 Å². The maximum Gasteiger partial charge on any atom is 0.325 e. The van der Waals surface area contributed by atoms with Gasteiger partial charge in [0.25, 0.3) is 5.91 Å². The molecule has 132 valence electrons. The van der Waals surface area contributed by atoms with Gasteiger partial charge in [-0.15, -0.1) is 0 Å². The predicted molar refractivity (Wildman–Crippen MR) is 95.9 cm³/mol. The second-order valence-electron chi connectivity index (χ2n) is 4.94. The van der Waals surface area contributed by atoms with Crippen molar-refractivity contribution >= 4 is 27.8 Å². The molecule has 25 heavy (non-hydrogen) atoms. The first-order valence-electron chi connectivity index (χ1n) is 7.55. The van der Waals surface area contributed by atoms with Crippen LogP contribution in [0, 0.1) is 0 Å². The highest BCUT2D eigenvalue weighted by molar-refractivity contribution is 9.10. The van der Waals surface area contributed by atoms with E-state index in [0.717, 1.165) is 4.47 Å². The molecule has 0 aromatic heterocycles. The summed E-state index contributed by atoms with van der Waals surface area (Å²) in [5.41, 5.74) is 0.437. The van der Waals surface area contributed by atoms with Crippen molar-refractivity contribution in [1.82, 2.24) is 5.32 Å². The number of ether oxygens (including phenoxy) is 3. The third-order valence-corrected chi connectivity index (χ3v) is 3.65. The zero-order valence-electron chi connectivity index (χ0n) is 13.7. The lowest BCUT2D eigenvalue weighted by atomic mass is 10.2. The van der Waals surface area contributed by atoms with E-state index in [1.54, 1.807) is 31.4 Å². The Kier molecular flexibility index (Phi) is 7.28. The van der Waals surface area contributed by atoms with Gasteiger partial charge in [-0.2, -0.15) is 0 Å². The van der Waals surface area contributed by atoms with Crippen LogP contribution in [-0.2, 0) is 9.53 Å². The van der Waals surface area contributed by atoms with Gasteiger partial charge < -0.3 is 19.5 Å². The number of hydrogen-bond donors (Lipinski definition) is 1. The molecule has 0 heterocycles. The van der Waals surface area contributed by atoms with Crippen LogP contribution >= 0.6 is 15.9 Å². The molecule has 0 saturated carbocycles. The molecular weight excluding hydrogens is 390 g/mol. The summed E-state index contributed by atoms with van der Waals surface area (Å²) in [6.45, 7) is 0.125. The first kappa shape index (κ1) is 18.8. The zero-order valence-corrected chi connectivity index (χ0v) is 15.2. The van der Waals surface area contributed by atoms with Crippen molar-refractivity contribution in [2.45, 2.75) is 0 Å². The zero-order chi connectivity index (χ0) is 18.1. The first-order valence-corrected chi connectivity index (χ1v) is 8.34. The molecule has 0 bridgehead atoms. The van der Waals surface area contributed by atoms with Crippen LogP contribution in [0.3, 0.4) is 0 Å². The van der Waals surface area contributed by atoms with Gasteiger partial charge in [0.05, 0.1) is 7.11 Å². The summed E-state index contributed by atoms with van der Waals surface area (Å²) in [6.07, 6.45) is 0. The molecule has 0 unspecified atom stereocenters. The lowest BCUT2D eigenvalue weighted by molar-refractivity contribution is -0.143. The van der Waals surface area contributed by atoms with Crippen molar-refractivity contribution in [3.63, 3.8) is 0 Å². The number of carbonyl (C=O) groups excluding carboxylic acids is 2. The van der Waals surface area contributed by atoms with Crippen LogP contribution in [-0.4, -0.2) is 38.7 Å². The van der Waals surface area contributed by atoms with Crippen molar-refractivity contribution < 1.29 is 23.8 Å². The quantitative estimate of drug-likeness (QED) is 0.537. The highest BCUT2D eigenvalue weighted by Gasteiger charge is 2.09. The Hall–Kier alpha value is -2.54. The fourth-order valence-electron chi connectivity index (χ4n) is 1.92. The predicted octanol–water partition coefficient (Wildman–Crippen LogP) is 2.81. The van der Waals surface area contributed by atoms with Gasteiger partial charge in [-0.3, -0.25) is 9.59 Å². The molecule has 0 aliphatic rings. The largest absolute Gasteiger partial charge is 0.497 e. The number of methoxy groups -OCH3 is 1. The summed E-state index contributed by atoms with van der Waals surface area (Å²) in [5, 5.41) is 2.50. The summed E-state index contributed by atoms with van der Waals surface area (Å²) < 4.78 is 16.4. The van der Waals surface area contributed by atoms with E-state index < -0.39 is 5.97 Å². The van der Waals surface area contributed by atoms with Crippen molar-refractivity contribution in [3.05, 3.63) is 58.6 Å². The van der Waals surface area contributed by atoms with Gasteiger partial charge in [-0.1, -0.05) is 22.0 Å². The standard InChI is InChI=1S/C18H18BrNO5/c1-23-15-7-5-13(6-8-15)18(22)20-12-17(21)25-10-9-24-16-4-2-3-14(19)11-16/h2-8,11H,9-10,12H2,1H3,(H,20,22). The monoisotopic (exact) mass is 407 g/mol. The van der Waals surface area contributed by atoms with Crippen LogP contribution in [0.5, 0.6) is 11.5 Å². The Balaban J connectivity index is 1.65. The van der Waals surface area contributed by atoms with Crippen LogP contribution in [0.4, 0.5) is 0 Å². The molecule has 0 fully saturated rings. The highest BCUT2D eigenvalue weighted by atomic mass is 79.9. The van der Waals surface area contributed by atoms with Gasteiger partial charge in [-0.25, -0.2) is 0 Å².